The average molecular weight is 425 g/mol. The second-order valence-corrected chi connectivity index (χ2v) is 8.48. The molecule has 3 atom stereocenters. The van der Waals surface area contributed by atoms with Crippen LogP contribution in [-0.2, 0) is 0 Å². The van der Waals surface area contributed by atoms with E-state index in [9.17, 15) is 4.79 Å². The molecule has 32 heavy (non-hydrogen) atoms. The molecule has 1 amide bonds. The van der Waals surface area contributed by atoms with E-state index in [4.69, 9.17) is 4.74 Å². The molecule has 0 saturated carbocycles. The molecule has 0 fully saturated rings. The summed E-state index contributed by atoms with van der Waals surface area (Å²) in [5, 5.41) is 3.76. The number of para-hydroxylation sites is 1. The van der Waals surface area contributed by atoms with Crippen LogP contribution in [0.2, 0.25) is 0 Å². The van der Waals surface area contributed by atoms with Crippen molar-refractivity contribution in [3.63, 3.8) is 0 Å². The van der Waals surface area contributed by atoms with Crippen LogP contribution in [0, 0.1) is 5.92 Å². The molecule has 3 aromatic carbocycles. The molecule has 4 nitrogen and oxygen atoms in total. The van der Waals surface area contributed by atoms with Gasteiger partial charge in [0.15, 0.2) is 0 Å². The summed E-state index contributed by atoms with van der Waals surface area (Å²) in [4.78, 5) is 14.9. The van der Waals surface area contributed by atoms with E-state index in [1.165, 1.54) is 11.1 Å². The maximum atomic E-state index is 13.2. The van der Waals surface area contributed by atoms with Gasteiger partial charge in [-0.3, -0.25) is 4.79 Å². The van der Waals surface area contributed by atoms with Gasteiger partial charge in [-0.05, 0) is 72.9 Å². The summed E-state index contributed by atoms with van der Waals surface area (Å²) in [7, 11) is 1.83. The van der Waals surface area contributed by atoms with Gasteiger partial charge in [-0.2, -0.15) is 0 Å². The number of rotatable bonds is 5. The number of benzene rings is 3. The normalized spacial score (nSPS) is 20.8. The van der Waals surface area contributed by atoms with Crippen LogP contribution in [0.1, 0.15) is 46.8 Å². The van der Waals surface area contributed by atoms with Gasteiger partial charge in [-0.25, -0.2) is 0 Å². The average Bonchev–Trinajstić information content (AvgIpc) is 3.34. The Kier molecular flexibility index (Phi) is 5.44. The first-order valence-electron chi connectivity index (χ1n) is 11.3. The number of hydrogen-bond donors (Lipinski definition) is 1. The fourth-order valence-electron chi connectivity index (χ4n) is 4.96. The molecule has 0 spiro atoms. The standard InChI is InChI=1S/C28H28N2O2/c1-3-32-22-15-12-19(13-16-22)27-24-11-7-10-23(24)25-18-20(14-17-26(25)29-27)28(31)30(2)21-8-5-4-6-9-21/h4-10,12-18,23-24,27,29H,3,11H2,1-2H3. The lowest BCUT2D eigenvalue weighted by Crippen LogP contribution is -2.30. The van der Waals surface area contributed by atoms with Crippen LogP contribution in [0.25, 0.3) is 0 Å². The second-order valence-electron chi connectivity index (χ2n) is 8.48. The topological polar surface area (TPSA) is 41.6 Å². The number of anilines is 2. The Morgan fingerprint density at radius 3 is 2.59 bits per heavy atom. The molecule has 0 bridgehead atoms. The summed E-state index contributed by atoms with van der Waals surface area (Å²) in [5.74, 6) is 1.64. The monoisotopic (exact) mass is 424 g/mol. The number of hydrogen-bond acceptors (Lipinski definition) is 3. The Bertz CT molecular complexity index is 1140. The van der Waals surface area contributed by atoms with E-state index in [2.05, 4.69) is 53.9 Å². The highest BCUT2D eigenvalue weighted by Gasteiger charge is 2.38. The van der Waals surface area contributed by atoms with Crippen molar-refractivity contribution in [2.45, 2.75) is 25.3 Å². The van der Waals surface area contributed by atoms with Gasteiger partial charge >= 0.3 is 0 Å². The Morgan fingerprint density at radius 1 is 1.06 bits per heavy atom. The largest absolute Gasteiger partial charge is 0.494 e. The van der Waals surface area contributed by atoms with Gasteiger partial charge in [0.2, 0.25) is 0 Å². The molecule has 1 aliphatic carbocycles. The quantitative estimate of drug-likeness (QED) is 0.497. The molecule has 1 aliphatic heterocycles. The molecule has 0 radical (unpaired) electrons. The lowest BCUT2D eigenvalue weighted by atomic mass is 9.76. The van der Waals surface area contributed by atoms with Crippen molar-refractivity contribution in [3.8, 4) is 5.75 Å². The molecule has 3 unspecified atom stereocenters. The van der Waals surface area contributed by atoms with Crippen LogP contribution in [0.4, 0.5) is 11.4 Å². The van der Waals surface area contributed by atoms with Crippen molar-refractivity contribution < 1.29 is 9.53 Å². The van der Waals surface area contributed by atoms with Crippen molar-refractivity contribution >= 4 is 17.3 Å². The highest BCUT2D eigenvalue weighted by molar-refractivity contribution is 6.06. The molecule has 2 aliphatic rings. The SMILES string of the molecule is CCOc1ccc(C2Nc3ccc(C(=O)N(C)c4ccccc4)cc3C3C=CCC32)cc1. The Labute approximate surface area is 189 Å². The number of nitrogens with one attached hydrogen (secondary N) is 1. The number of amides is 1. The molecule has 1 heterocycles. The van der Waals surface area contributed by atoms with Crippen LogP contribution in [-0.4, -0.2) is 19.6 Å². The minimum absolute atomic E-state index is 0.00571. The van der Waals surface area contributed by atoms with Gasteiger partial charge in [-0.1, -0.05) is 42.5 Å². The van der Waals surface area contributed by atoms with E-state index in [0.29, 0.717) is 18.4 Å². The molecular formula is C28H28N2O2. The molecule has 4 heteroatoms. The predicted molar refractivity (Wildman–Crippen MR) is 130 cm³/mol. The number of fused-ring (bicyclic) bond motifs is 3. The summed E-state index contributed by atoms with van der Waals surface area (Å²) in [6.45, 7) is 2.67. The van der Waals surface area contributed by atoms with Crippen LogP contribution >= 0.6 is 0 Å². The van der Waals surface area contributed by atoms with Crippen molar-refractivity contribution in [1.82, 2.24) is 0 Å². The van der Waals surface area contributed by atoms with Crippen molar-refractivity contribution in [1.29, 1.82) is 0 Å². The van der Waals surface area contributed by atoms with Crippen LogP contribution in [0.5, 0.6) is 5.75 Å². The number of ether oxygens (including phenoxy) is 1. The number of carbonyl (C=O) groups excluding carboxylic acids is 1. The van der Waals surface area contributed by atoms with E-state index in [-0.39, 0.29) is 11.9 Å². The summed E-state index contributed by atoms with van der Waals surface area (Å²) in [6, 6.07) is 24.5. The van der Waals surface area contributed by atoms with E-state index in [0.717, 1.165) is 29.1 Å². The second kappa shape index (κ2) is 8.54. The molecule has 0 saturated heterocycles. The predicted octanol–water partition coefficient (Wildman–Crippen LogP) is 6.19. The van der Waals surface area contributed by atoms with Crippen molar-refractivity contribution in [2.24, 2.45) is 5.92 Å². The molecule has 5 rings (SSSR count). The van der Waals surface area contributed by atoms with Gasteiger partial charge in [0, 0.05) is 29.9 Å². The zero-order valence-electron chi connectivity index (χ0n) is 18.5. The smallest absolute Gasteiger partial charge is 0.258 e. The zero-order chi connectivity index (χ0) is 22.1. The van der Waals surface area contributed by atoms with Gasteiger partial charge in [0.05, 0.1) is 12.6 Å². The first kappa shape index (κ1) is 20.4. The maximum Gasteiger partial charge on any atom is 0.258 e. The van der Waals surface area contributed by atoms with Crippen molar-refractivity contribution in [2.75, 3.05) is 23.9 Å². The van der Waals surface area contributed by atoms with Gasteiger partial charge in [0.1, 0.15) is 5.75 Å². The summed E-state index contributed by atoms with van der Waals surface area (Å²) in [5.41, 5.74) is 5.19. The summed E-state index contributed by atoms with van der Waals surface area (Å²) >= 11 is 0. The van der Waals surface area contributed by atoms with Crippen LogP contribution in [0.15, 0.2) is 84.9 Å². The summed E-state index contributed by atoms with van der Waals surface area (Å²) < 4.78 is 5.61. The van der Waals surface area contributed by atoms with E-state index < -0.39 is 0 Å². The summed E-state index contributed by atoms with van der Waals surface area (Å²) in [6.07, 6.45) is 5.61. The minimum atomic E-state index is 0.00571. The Balaban J connectivity index is 1.43. The van der Waals surface area contributed by atoms with E-state index in [1.54, 1.807) is 4.90 Å². The highest BCUT2D eigenvalue weighted by Crippen LogP contribution is 2.50. The zero-order valence-corrected chi connectivity index (χ0v) is 18.5. The van der Waals surface area contributed by atoms with Gasteiger partial charge in [-0.15, -0.1) is 0 Å². The fraction of sp³-hybridized carbons (Fsp3) is 0.250. The maximum absolute atomic E-state index is 13.2. The number of nitrogens with zero attached hydrogens (tertiary/aromatic N) is 1. The Hall–Kier alpha value is -3.53. The first-order chi connectivity index (χ1) is 15.7. The molecule has 0 aromatic heterocycles. The fourth-order valence-corrected chi connectivity index (χ4v) is 4.96. The van der Waals surface area contributed by atoms with Crippen LogP contribution < -0.4 is 15.0 Å². The third-order valence-electron chi connectivity index (χ3n) is 6.61. The van der Waals surface area contributed by atoms with Crippen molar-refractivity contribution in [3.05, 3.63) is 102 Å². The third kappa shape index (κ3) is 3.66. The number of allylic oxidation sites excluding steroid dienone is 2. The first-order valence-corrected chi connectivity index (χ1v) is 11.3. The van der Waals surface area contributed by atoms with E-state index in [1.807, 2.05) is 50.4 Å². The third-order valence-corrected chi connectivity index (χ3v) is 6.61. The van der Waals surface area contributed by atoms with Gasteiger partial charge in [0.25, 0.3) is 5.91 Å². The Morgan fingerprint density at radius 2 is 1.84 bits per heavy atom. The molecule has 162 valence electrons. The lowest BCUT2D eigenvalue weighted by Gasteiger charge is -2.38. The van der Waals surface area contributed by atoms with E-state index >= 15 is 0 Å². The molecule has 1 N–H and O–H groups in total. The molecular weight excluding hydrogens is 396 g/mol. The lowest BCUT2D eigenvalue weighted by molar-refractivity contribution is 0.0993. The highest BCUT2D eigenvalue weighted by atomic mass is 16.5. The minimum Gasteiger partial charge on any atom is -0.494 e. The number of carbonyl (C=O) groups is 1. The van der Waals surface area contributed by atoms with Gasteiger partial charge < -0.3 is 15.0 Å². The van der Waals surface area contributed by atoms with Crippen LogP contribution in [0.3, 0.4) is 0 Å². The molecule has 3 aromatic rings.